The molecule has 2 nitrogen and oxygen atoms in total. The summed E-state index contributed by atoms with van der Waals surface area (Å²) in [6.45, 7) is 4.15. The van der Waals surface area contributed by atoms with Crippen LogP contribution in [-0.4, -0.2) is 7.11 Å². The highest BCUT2D eigenvalue weighted by molar-refractivity contribution is 5.65. The van der Waals surface area contributed by atoms with E-state index < -0.39 is 0 Å². The molecule has 0 aliphatic carbocycles. The molecule has 2 heteroatoms. The zero-order chi connectivity index (χ0) is 14.5. The molecule has 0 heterocycles. The number of hydrogen-bond donors (Lipinski definition) is 0. The van der Waals surface area contributed by atoms with Crippen molar-refractivity contribution in [3.05, 3.63) is 54.1 Å². The first-order chi connectivity index (χ1) is 9.65. The summed E-state index contributed by atoms with van der Waals surface area (Å²) < 4.78 is 5.24. The predicted molar refractivity (Wildman–Crippen MR) is 81.6 cm³/mol. The first-order valence-electron chi connectivity index (χ1n) is 6.79. The molecule has 2 rings (SSSR count). The molecule has 2 aromatic rings. The Kier molecular flexibility index (Phi) is 4.42. The van der Waals surface area contributed by atoms with Crippen LogP contribution in [-0.2, 0) is 0 Å². The Labute approximate surface area is 120 Å². The minimum absolute atomic E-state index is 0.0469. The maximum absolute atomic E-state index is 9.24. The van der Waals surface area contributed by atoms with Gasteiger partial charge in [-0.1, -0.05) is 50.2 Å². The van der Waals surface area contributed by atoms with Crippen LogP contribution < -0.4 is 4.74 Å². The van der Waals surface area contributed by atoms with Crippen molar-refractivity contribution in [2.45, 2.75) is 19.8 Å². The van der Waals surface area contributed by atoms with Crippen molar-refractivity contribution in [2.24, 2.45) is 5.92 Å². The summed E-state index contributed by atoms with van der Waals surface area (Å²) in [6.07, 6.45) is 0. The fourth-order valence-electron chi connectivity index (χ4n) is 2.29. The van der Waals surface area contributed by atoms with Crippen LogP contribution in [0.2, 0.25) is 0 Å². The lowest BCUT2D eigenvalue weighted by atomic mass is 9.89. The summed E-state index contributed by atoms with van der Waals surface area (Å²) in [7, 11) is 1.67. The van der Waals surface area contributed by atoms with Crippen molar-refractivity contribution in [1.82, 2.24) is 0 Å². The summed E-state index contributed by atoms with van der Waals surface area (Å²) in [6, 6.07) is 18.6. The Morgan fingerprint density at radius 1 is 1.00 bits per heavy atom. The van der Waals surface area contributed by atoms with E-state index in [9.17, 15) is 5.26 Å². The Morgan fingerprint density at radius 2 is 1.70 bits per heavy atom. The number of benzene rings is 2. The fraction of sp³-hybridized carbons (Fsp3) is 0.278. The third-order valence-electron chi connectivity index (χ3n) is 3.48. The molecule has 2 aromatic carbocycles. The molecule has 0 fully saturated rings. The van der Waals surface area contributed by atoms with E-state index in [-0.39, 0.29) is 5.92 Å². The van der Waals surface area contributed by atoms with E-state index in [0.717, 1.165) is 22.4 Å². The van der Waals surface area contributed by atoms with Crippen LogP contribution in [0.3, 0.4) is 0 Å². The Balaban J connectivity index is 2.30. The van der Waals surface area contributed by atoms with Gasteiger partial charge in [0.25, 0.3) is 0 Å². The topological polar surface area (TPSA) is 33.0 Å². The molecule has 102 valence electrons. The van der Waals surface area contributed by atoms with Gasteiger partial charge >= 0.3 is 0 Å². The van der Waals surface area contributed by atoms with Gasteiger partial charge in [-0.15, -0.1) is 0 Å². The zero-order valence-corrected chi connectivity index (χ0v) is 12.1. The first-order valence-corrected chi connectivity index (χ1v) is 6.79. The summed E-state index contributed by atoms with van der Waals surface area (Å²) in [4.78, 5) is 0. The summed E-state index contributed by atoms with van der Waals surface area (Å²) >= 11 is 0. The second-order valence-electron chi connectivity index (χ2n) is 5.20. The zero-order valence-electron chi connectivity index (χ0n) is 12.1. The lowest BCUT2D eigenvalue weighted by molar-refractivity contribution is 0.415. The third kappa shape index (κ3) is 3.00. The number of ether oxygens (including phenoxy) is 1. The quantitative estimate of drug-likeness (QED) is 0.807. The predicted octanol–water partition coefficient (Wildman–Crippen LogP) is 4.63. The molecule has 20 heavy (non-hydrogen) atoms. The molecule has 0 N–H and O–H groups in total. The van der Waals surface area contributed by atoms with Gasteiger partial charge in [-0.3, -0.25) is 0 Å². The van der Waals surface area contributed by atoms with E-state index in [4.69, 9.17) is 4.74 Å². The molecule has 0 saturated carbocycles. The highest BCUT2D eigenvalue weighted by atomic mass is 16.5. The molecule has 0 radical (unpaired) electrons. The summed E-state index contributed by atoms with van der Waals surface area (Å²) in [5.41, 5.74) is 3.33. The normalized spacial score (nSPS) is 11.9. The number of hydrogen-bond acceptors (Lipinski definition) is 2. The molecule has 0 aliphatic rings. The molecule has 0 bridgehead atoms. The largest absolute Gasteiger partial charge is 0.497 e. The van der Waals surface area contributed by atoms with Crippen LogP contribution in [0.4, 0.5) is 0 Å². The SMILES string of the molecule is COc1cccc(-c2ccc(C(C#N)C(C)C)cc2)c1. The molecule has 1 unspecified atom stereocenters. The number of nitrogens with zero attached hydrogens (tertiary/aromatic N) is 1. The monoisotopic (exact) mass is 265 g/mol. The van der Waals surface area contributed by atoms with Crippen LogP contribution in [0.25, 0.3) is 11.1 Å². The van der Waals surface area contributed by atoms with Crippen LogP contribution in [0.15, 0.2) is 48.5 Å². The molecule has 1 atom stereocenters. The minimum atomic E-state index is -0.0469. The number of rotatable bonds is 4. The molecule has 0 saturated heterocycles. The highest BCUT2D eigenvalue weighted by Crippen LogP contribution is 2.28. The lowest BCUT2D eigenvalue weighted by Crippen LogP contribution is -2.03. The maximum Gasteiger partial charge on any atom is 0.119 e. The fourth-order valence-corrected chi connectivity index (χ4v) is 2.29. The molecule has 0 spiro atoms. The average molecular weight is 265 g/mol. The van der Waals surface area contributed by atoms with Gasteiger partial charge in [0.05, 0.1) is 19.1 Å². The first kappa shape index (κ1) is 14.1. The minimum Gasteiger partial charge on any atom is -0.497 e. The standard InChI is InChI=1S/C18H19NO/c1-13(2)18(12-19)15-9-7-14(8-10-15)16-5-4-6-17(11-16)20-3/h4-11,13,18H,1-3H3. The molecular weight excluding hydrogens is 246 g/mol. The van der Waals surface area contributed by atoms with E-state index in [1.165, 1.54) is 0 Å². The number of methoxy groups -OCH3 is 1. The van der Waals surface area contributed by atoms with Gasteiger partial charge in [0.15, 0.2) is 0 Å². The van der Waals surface area contributed by atoms with Crippen molar-refractivity contribution >= 4 is 0 Å². The molecule has 0 aliphatic heterocycles. The van der Waals surface area contributed by atoms with Gasteiger partial charge < -0.3 is 4.74 Å². The van der Waals surface area contributed by atoms with Crippen molar-refractivity contribution < 1.29 is 4.74 Å². The van der Waals surface area contributed by atoms with Gasteiger partial charge in [0, 0.05) is 0 Å². The highest BCUT2D eigenvalue weighted by Gasteiger charge is 2.14. The van der Waals surface area contributed by atoms with Crippen molar-refractivity contribution in [2.75, 3.05) is 7.11 Å². The van der Waals surface area contributed by atoms with Crippen molar-refractivity contribution in [1.29, 1.82) is 5.26 Å². The van der Waals surface area contributed by atoms with E-state index in [1.807, 2.05) is 30.3 Å². The van der Waals surface area contributed by atoms with Crippen molar-refractivity contribution in [3.63, 3.8) is 0 Å². The average Bonchev–Trinajstić information content (AvgIpc) is 2.48. The van der Waals surface area contributed by atoms with Gasteiger partial charge in [-0.05, 0) is 34.7 Å². The van der Waals surface area contributed by atoms with Gasteiger partial charge in [0.1, 0.15) is 5.75 Å². The van der Waals surface area contributed by atoms with E-state index in [2.05, 4.69) is 38.1 Å². The van der Waals surface area contributed by atoms with Crippen LogP contribution in [0, 0.1) is 17.2 Å². The number of nitriles is 1. The molecular formula is C18H19NO. The van der Waals surface area contributed by atoms with Gasteiger partial charge in [0.2, 0.25) is 0 Å². The molecule has 0 amide bonds. The van der Waals surface area contributed by atoms with Crippen molar-refractivity contribution in [3.8, 4) is 22.9 Å². The van der Waals surface area contributed by atoms with Crippen LogP contribution >= 0.6 is 0 Å². The second-order valence-corrected chi connectivity index (χ2v) is 5.20. The Bertz CT molecular complexity index is 608. The van der Waals surface area contributed by atoms with Gasteiger partial charge in [-0.2, -0.15) is 5.26 Å². The Hall–Kier alpha value is -2.27. The summed E-state index contributed by atoms with van der Waals surface area (Å²) in [5, 5.41) is 9.24. The second kappa shape index (κ2) is 6.25. The third-order valence-corrected chi connectivity index (χ3v) is 3.48. The van der Waals surface area contributed by atoms with Gasteiger partial charge in [-0.25, -0.2) is 0 Å². The summed E-state index contributed by atoms with van der Waals surface area (Å²) in [5.74, 6) is 1.13. The lowest BCUT2D eigenvalue weighted by Gasteiger charge is -2.13. The van der Waals surface area contributed by atoms with E-state index >= 15 is 0 Å². The maximum atomic E-state index is 9.24. The van der Waals surface area contributed by atoms with Crippen LogP contribution in [0.1, 0.15) is 25.3 Å². The van der Waals surface area contributed by atoms with E-state index in [1.54, 1.807) is 7.11 Å². The van der Waals surface area contributed by atoms with E-state index in [0.29, 0.717) is 5.92 Å². The molecule has 0 aromatic heterocycles. The Morgan fingerprint density at radius 3 is 2.25 bits per heavy atom. The van der Waals surface area contributed by atoms with Crippen LogP contribution in [0.5, 0.6) is 5.75 Å². The smallest absolute Gasteiger partial charge is 0.119 e.